The molecule has 2 bridgehead atoms. The number of aliphatic hydroxyl groups excluding tert-OH is 1. The average Bonchev–Trinajstić information content (AvgIpc) is 3.52. The van der Waals surface area contributed by atoms with Gasteiger partial charge in [-0.25, -0.2) is 0 Å². The van der Waals surface area contributed by atoms with Gasteiger partial charge in [0.25, 0.3) is 0 Å². The number of likely N-dealkylation sites (tertiary alicyclic amines) is 1. The van der Waals surface area contributed by atoms with Gasteiger partial charge in [0.15, 0.2) is 0 Å². The van der Waals surface area contributed by atoms with Crippen molar-refractivity contribution in [3.05, 3.63) is 91.5 Å². The molecule has 3 aliphatic heterocycles. The Bertz CT molecular complexity index is 1350. The van der Waals surface area contributed by atoms with E-state index in [1.54, 1.807) is 26.9 Å². The van der Waals surface area contributed by atoms with Crippen LogP contribution in [0.25, 0.3) is 0 Å². The Kier molecular flexibility index (Phi) is 8.90. The number of fused-ring (bicyclic) bond motifs is 1. The maximum absolute atomic E-state index is 14.6. The van der Waals surface area contributed by atoms with E-state index in [2.05, 4.69) is 20.1 Å². The van der Waals surface area contributed by atoms with Crippen LogP contribution in [0.5, 0.6) is 0 Å². The first kappa shape index (κ1) is 30.7. The molecule has 2 aromatic rings. The van der Waals surface area contributed by atoms with E-state index in [1.165, 1.54) is 0 Å². The highest BCUT2D eigenvalue weighted by atomic mass is 16.5. The molecule has 3 saturated heterocycles. The summed E-state index contributed by atoms with van der Waals surface area (Å²) in [6, 6.07) is 18.2. The van der Waals surface area contributed by atoms with Crippen molar-refractivity contribution in [3.8, 4) is 0 Å². The number of amides is 3. The third-order valence-corrected chi connectivity index (χ3v) is 9.64. The smallest absolute Gasteiger partial charge is 0.248 e. The molecule has 0 saturated carbocycles. The predicted molar refractivity (Wildman–Crippen MR) is 166 cm³/mol. The molecule has 3 aliphatic rings. The number of ether oxygens (including phenoxy) is 1. The van der Waals surface area contributed by atoms with Gasteiger partial charge in [-0.05, 0) is 49.8 Å². The topological polar surface area (TPSA) is 90.4 Å². The minimum absolute atomic E-state index is 0.00782. The van der Waals surface area contributed by atoms with Gasteiger partial charge in [-0.1, -0.05) is 67.6 Å². The number of rotatable bonds is 13. The predicted octanol–water partition coefficient (Wildman–Crippen LogP) is 4.20. The molecule has 43 heavy (non-hydrogen) atoms. The summed E-state index contributed by atoms with van der Waals surface area (Å²) in [5.74, 6) is -2.28. The fraction of sp³-hybridized carbons (Fsp3) is 0.457. The summed E-state index contributed by atoms with van der Waals surface area (Å²) in [7, 11) is 0. The first-order valence-corrected chi connectivity index (χ1v) is 15.3. The Morgan fingerprint density at radius 2 is 1.67 bits per heavy atom. The van der Waals surface area contributed by atoms with Crippen LogP contribution in [-0.2, 0) is 25.7 Å². The number of anilines is 1. The zero-order valence-corrected chi connectivity index (χ0v) is 25.2. The van der Waals surface area contributed by atoms with E-state index in [0.29, 0.717) is 38.9 Å². The van der Waals surface area contributed by atoms with Crippen molar-refractivity contribution in [2.45, 2.75) is 56.9 Å². The van der Waals surface area contributed by atoms with Crippen molar-refractivity contribution in [3.63, 3.8) is 0 Å². The molecular formula is C35H43N3O5. The quantitative estimate of drug-likeness (QED) is 0.281. The molecule has 3 fully saturated rings. The highest BCUT2D eigenvalue weighted by Crippen LogP contribution is 2.65. The lowest BCUT2D eigenvalue weighted by Crippen LogP contribution is -2.57. The molecule has 2 aromatic carbocycles. The normalized spacial score (nSPS) is 28.9. The largest absolute Gasteiger partial charge is 0.396 e. The van der Waals surface area contributed by atoms with Gasteiger partial charge in [0.05, 0.1) is 17.4 Å². The third kappa shape index (κ3) is 5.21. The van der Waals surface area contributed by atoms with Gasteiger partial charge in [0.1, 0.15) is 11.6 Å². The summed E-state index contributed by atoms with van der Waals surface area (Å²) in [5.41, 5.74) is -0.382. The molecule has 3 amide bonds. The van der Waals surface area contributed by atoms with Crippen LogP contribution in [0.1, 0.15) is 38.7 Å². The summed E-state index contributed by atoms with van der Waals surface area (Å²) in [5, 5.41) is 9.50. The third-order valence-electron chi connectivity index (χ3n) is 9.64. The number of hydrogen-bond acceptors (Lipinski definition) is 5. The van der Waals surface area contributed by atoms with Crippen LogP contribution in [0, 0.1) is 17.8 Å². The summed E-state index contributed by atoms with van der Waals surface area (Å²) < 4.78 is 6.94. The Hall–Kier alpha value is -3.75. The van der Waals surface area contributed by atoms with Crippen LogP contribution in [-0.4, -0.2) is 76.1 Å². The molecule has 5 rings (SSSR count). The maximum atomic E-state index is 14.6. The van der Waals surface area contributed by atoms with E-state index < -0.39 is 29.1 Å². The second kappa shape index (κ2) is 12.5. The van der Waals surface area contributed by atoms with Crippen molar-refractivity contribution >= 4 is 23.4 Å². The molecule has 228 valence electrons. The van der Waals surface area contributed by atoms with Gasteiger partial charge < -0.3 is 24.5 Å². The van der Waals surface area contributed by atoms with E-state index in [9.17, 15) is 19.5 Å². The van der Waals surface area contributed by atoms with Crippen LogP contribution in [0.4, 0.5) is 5.69 Å². The van der Waals surface area contributed by atoms with Crippen LogP contribution >= 0.6 is 0 Å². The van der Waals surface area contributed by atoms with Crippen LogP contribution in [0.3, 0.4) is 0 Å². The lowest BCUT2D eigenvalue weighted by Gasteiger charge is -2.39. The molecule has 6 atom stereocenters. The van der Waals surface area contributed by atoms with Crippen LogP contribution in [0.2, 0.25) is 0 Å². The van der Waals surface area contributed by atoms with Gasteiger partial charge in [-0.15, -0.1) is 13.2 Å². The van der Waals surface area contributed by atoms with Gasteiger partial charge in [0.2, 0.25) is 17.7 Å². The molecular weight excluding hydrogens is 542 g/mol. The number of unbranched alkanes of at least 4 members (excludes halogenated alkanes) is 1. The van der Waals surface area contributed by atoms with Gasteiger partial charge in [0, 0.05) is 38.5 Å². The fourth-order valence-corrected chi connectivity index (χ4v) is 7.62. The van der Waals surface area contributed by atoms with Crippen LogP contribution in [0.15, 0.2) is 86.0 Å². The lowest BCUT2D eigenvalue weighted by atomic mass is 9.62. The molecule has 0 radical (unpaired) electrons. The Morgan fingerprint density at radius 3 is 2.30 bits per heavy atom. The standard InChI is InChI=1S/C35H43N3O5/c1-5-19-36(24-26-15-9-7-10-16-26)33(42)30-35-23-25(3)34(4,43-35)28(29(35)32(41)38(30)21-13-14-22-39)31(40)37(20-6-2)27-17-11-8-12-18-27/h5-12,15-18,25,28-30,39H,1-2,13-14,19-24H2,3-4H3/t25?,28-,29-,30?,34+,35?/m0/s1. The highest BCUT2D eigenvalue weighted by Gasteiger charge is 2.80. The SMILES string of the molecule is C=CCN(Cc1ccccc1)C(=O)C1N(CCCCO)C(=O)[C@@H]2[C@@H](C(=O)N(CC=C)c3ccccc3)[C@]3(C)OC12CC3C. The van der Waals surface area contributed by atoms with Crippen molar-refractivity contribution < 1.29 is 24.2 Å². The number of carbonyl (C=O) groups excluding carboxylic acids is 3. The molecule has 8 heteroatoms. The molecule has 1 spiro atoms. The first-order chi connectivity index (χ1) is 20.7. The number of aliphatic hydroxyl groups is 1. The van der Waals surface area contributed by atoms with Crippen LogP contribution < -0.4 is 4.90 Å². The Labute approximate surface area is 254 Å². The zero-order chi connectivity index (χ0) is 30.8. The van der Waals surface area contributed by atoms with E-state index in [0.717, 1.165) is 11.3 Å². The molecule has 3 heterocycles. The average molecular weight is 586 g/mol. The van der Waals surface area contributed by atoms with E-state index in [4.69, 9.17) is 4.74 Å². The van der Waals surface area contributed by atoms with Crippen molar-refractivity contribution in [1.82, 2.24) is 9.80 Å². The van der Waals surface area contributed by atoms with Gasteiger partial charge in [-0.2, -0.15) is 0 Å². The molecule has 8 nitrogen and oxygen atoms in total. The van der Waals surface area contributed by atoms with E-state index in [1.807, 2.05) is 67.6 Å². The summed E-state index contributed by atoms with van der Waals surface area (Å²) in [4.78, 5) is 48.8. The number of para-hydroxylation sites is 1. The first-order valence-electron chi connectivity index (χ1n) is 15.3. The summed E-state index contributed by atoms with van der Waals surface area (Å²) >= 11 is 0. The summed E-state index contributed by atoms with van der Waals surface area (Å²) in [6.45, 7) is 13.0. The van der Waals surface area contributed by atoms with E-state index >= 15 is 0 Å². The molecule has 0 aromatic heterocycles. The van der Waals surface area contributed by atoms with Crippen molar-refractivity contribution in [2.75, 3.05) is 31.1 Å². The second-order valence-corrected chi connectivity index (χ2v) is 12.2. The minimum Gasteiger partial charge on any atom is -0.396 e. The number of benzene rings is 2. The monoisotopic (exact) mass is 585 g/mol. The van der Waals surface area contributed by atoms with Crippen molar-refractivity contribution in [2.24, 2.45) is 17.8 Å². The number of carbonyl (C=O) groups is 3. The molecule has 3 unspecified atom stereocenters. The highest BCUT2D eigenvalue weighted by molar-refractivity contribution is 6.03. The Balaban J connectivity index is 1.57. The van der Waals surface area contributed by atoms with Gasteiger partial charge >= 0.3 is 0 Å². The minimum atomic E-state index is -1.14. The number of nitrogens with zero attached hydrogens (tertiary/aromatic N) is 3. The van der Waals surface area contributed by atoms with E-state index in [-0.39, 0.29) is 36.8 Å². The number of hydrogen-bond donors (Lipinski definition) is 1. The Morgan fingerprint density at radius 1 is 1.02 bits per heavy atom. The molecule has 1 N–H and O–H groups in total. The zero-order valence-electron chi connectivity index (χ0n) is 25.2. The second-order valence-electron chi connectivity index (χ2n) is 12.2. The summed E-state index contributed by atoms with van der Waals surface area (Å²) in [6.07, 6.45) is 4.91. The molecule has 0 aliphatic carbocycles. The lowest BCUT2D eigenvalue weighted by molar-refractivity contribution is -0.152. The maximum Gasteiger partial charge on any atom is 0.248 e. The van der Waals surface area contributed by atoms with Crippen molar-refractivity contribution in [1.29, 1.82) is 0 Å². The fourth-order valence-electron chi connectivity index (χ4n) is 7.62. The van der Waals surface area contributed by atoms with Gasteiger partial charge in [-0.3, -0.25) is 14.4 Å².